The van der Waals surface area contributed by atoms with Gasteiger partial charge >= 0.3 is 18.0 Å². The predicted octanol–water partition coefficient (Wildman–Crippen LogP) is 3.19. The normalized spacial score (nSPS) is 21.2. The Morgan fingerprint density at radius 1 is 1.11 bits per heavy atom. The van der Waals surface area contributed by atoms with E-state index in [0.29, 0.717) is 11.1 Å². The third-order valence-corrected chi connectivity index (χ3v) is 6.87. The first-order valence-corrected chi connectivity index (χ1v) is 11.3. The summed E-state index contributed by atoms with van der Waals surface area (Å²) in [4.78, 5) is 45.3. The van der Waals surface area contributed by atoms with Gasteiger partial charge < -0.3 is 20.9 Å². The van der Waals surface area contributed by atoms with Gasteiger partial charge in [0, 0.05) is 13.1 Å². The van der Waals surface area contributed by atoms with E-state index in [1.807, 2.05) is 0 Å². The predicted molar refractivity (Wildman–Crippen MR) is 122 cm³/mol. The second-order valence-corrected chi connectivity index (χ2v) is 9.19. The number of pyridine rings is 1. The molecule has 1 aliphatic carbocycles. The van der Waals surface area contributed by atoms with E-state index in [0.717, 1.165) is 17.0 Å². The molecule has 4 rings (SSSR count). The third-order valence-electron chi connectivity index (χ3n) is 6.87. The molecule has 0 unspecified atom stereocenters. The number of nitrogens with zero attached hydrogens (tertiary/aromatic N) is 3. The maximum Gasteiger partial charge on any atom is 0.403 e. The number of hydrogen-bond donors (Lipinski definition) is 2. The summed E-state index contributed by atoms with van der Waals surface area (Å²) in [6.45, 7) is 2.83. The molecule has 3 N–H and O–H groups in total. The van der Waals surface area contributed by atoms with E-state index in [9.17, 15) is 31.9 Å². The van der Waals surface area contributed by atoms with E-state index in [-0.39, 0.29) is 37.4 Å². The average molecular weight is 507 g/mol. The Kier molecular flexibility index (Phi) is 6.40. The van der Waals surface area contributed by atoms with E-state index in [4.69, 9.17) is 5.73 Å². The van der Waals surface area contributed by atoms with Gasteiger partial charge in [-0.25, -0.2) is 9.37 Å². The number of hydrogen-bond acceptors (Lipinski definition) is 5. The second-order valence-electron chi connectivity index (χ2n) is 9.19. The number of amides is 3. The zero-order chi connectivity index (χ0) is 26.4. The van der Waals surface area contributed by atoms with Gasteiger partial charge in [0.15, 0.2) is 0 Å². The Balaban J connectivity index is 1.62. The van der Waals surface area contributed by atoms with Crippen LogP contribution in [0.1, 0.15) is 36.9 Å². The number of rotatable bonds is 3. The minimum atomic E-state index is -4.69. The van der Waals surface area contributed by atoms with Gasteiger partial charge in [0.25, 0.3) is 0 Å². The van der Waals surface area contributed by atoms with E-state index in [2.05, 4.69) is 10.3 Å². The first kappa shape index (κ1) is 25.4. The number of nitrogen functional groups attached to an aromatic ring is 1. The SMILES string of the molecule is Cc1cc(NC(=O)C(=O)N2CCN(C(=O)C3(C(F)(F)F)CC3)[C@H](C)[C@H]2c2ccc(F)cc2)cnc1N. The topological polar surface area (TPSA) is 109 Å². The molecule has 1 aromatic carbocycles. The van der Waals surface area contributed by atoms with Crippen molar-refractivity contribution in [3.63, 3.8) is 0 Å². The largest absolute Gasteiger partial charge is 0.403 e. The summed E-state index contributed by atoms with van der Waals surface area (Å²) in [6, 6.07) is 4.71. The van der Waals surface area contributed by atoms with Gasteiger partial charge in [-0.1, -0.05) is 12.1 Å². The summed E-state index contributed by atoms with van der Waals surface area (Å²) in [5.74, 6) is -3.28. The number of nitrogens with two attached hydrogens (primary N) is 1. The zero-order valence-electron chi connectivity index (χ0n) is 19.6. The minimum absolute atomic E-state index is 0.183. The Morgan fingerprint density at radius 3 is 2.28 bits per heavy atom. The van der Waals surface area contributed by atoms with Crippen LogP contribution in [0.5, 0.6) is 0 Å². The Hall–Kier alpha value is -3.70. The number of nitrogens with one attached hydrogen (secondary N) is 1. The van der Waals surface area contributed by atoms with Crippen LogP contribution in [0.4, 0.5) is 29.1 Å². The lowest BCUT2D eigenvalue weighted by atomic mass is 9.92. The smallest absolute Gasteiger partial charge is 0.383 e. The van der Waals surface area contributed by atoms with Gasteiger partial charge in [-0.05, 0) is 56.0 Å². The molecule has 192 valence electrons. The molecule has 12 heteroatoms. The molecule has 2 fully saturated rings. The van der Waals surface area contributed by atoms with E-state index < -0.39 is 47.2 Å². The molecule has 1 saturated heterocycles. The maximum atomic E-state index is 13.6. The van der Waals surface area contributed by atoms with Crippen LogP contribution in [-0.2, 0) is 14.4 Å². The fourth-order valence-corrected chi connectivity index (χ4v) is 4.61. The summed E-state index contributed by atoms with van der Waals surface area (Å²) in [5, 5.41) is 2.45. The number of aryl methyl sites for hydroxylation is 1. The fraction of sp³-hybridized carbons (Fsp3) is 0.417. The van der Waals surface area contributed by atoms with Crippen LogP contribution in [0.2, 0.25) is 0 Å². The summed E-state index contributed by atoms with van der Waals surface area (Å²) < 4.78 is 54.5. The highest BCUT2D eigenvalue weighted by Gasteiger charge is 2.70. The minimum Gasteiger partial charge on any atom is -0.383 e. The Labute approximate surface area is 204 Å². The van der Waals surface area contributed by atoms with Crippen molar-refractivity contribution >= 4 is 29.2 Å². The van der Waals surface area contributed by atoms with Gasteiger partial charge in [0.1, 0.15) is 17.1 Å². The monoisotopic (exact) mass is 507 g/mol. The van der Waals surface area contributed by atoms with Gasteiger partial charge in [-0.3, -0.25) is 14.4 Å². The number of carbonyl (C=O) groups is 3. The van der Waals surface area contributed by atoms with Crippen molar-refractivity contribution in [2.75, 3.05) is 24.1 Å². The molecule has 0 radical (unpaired) electrons. The lowest BCUT2D eigenvalue weighted by Crippen LogP contribution is -2.60. The number of alkyl halides is 3. The van der Waals surface area contributed by atoms with Gasteiger partial charge in [0.2, 0.25) is 5.91 Å². The highest BCUT2D eigenvalue weighted by molar-refractivity contribution is 6.39. The number of aromatic nitrogens is 1. The van der Waals surface area contributed by atoms with Crippen molar-refractivity contribution in [1.82, 2.24) is 14.8 Å². The lowest BCUT2D eigenvalue weighted by molar-refractivity contribution is -0.202. The van der Waals surface area contributed by atoms with Crippen LogP contribution in [-0.4, -0.2) is 57.8 Å². The molecule has 2 heterocycles. The van der Waals surface area contributed by atoms with Gasteiger partial charge in [-0.15, -0.1) is 0 Å². The molecular formula is C24H25F4N5O3. The molecule has 2 atom stereocenters. The quantitative estimate of drug-likeness (QED) is 0.490. The van der Waals surface area contributed by atoms with Gasteiger partial charge in [-0.2, -0.15) is 13.2 Å². The van der Waals surface area contributed by atoms with Crippen molar-refractivity contribution in [1.29, 1.82) is 0 Å². The lowest BCUT2D eigenvalue weighted by Gasteiger charge is -2.47. The number of benzene rings is 1. The third kappa shape index (κ3) is 4.47. The van der Waals surface area contributed by atoms with Crippen molar-refractivity contribution in [2.45, 2.75) is 44.9 Å². The summed E-state index contributed by atoms with van der Waals surface area (Å²) >= 11 is 0. The average Bonchev–Trinajstić information content (AvgIpc) is 3.63. The highest BCUT2D eigenvalue weighted by Crippen LogP contribution is 2.59. The number of anilines is 2. The van der Waals surface area contributed by atoms with E-state index in [1.165, 1.54) is 36.2 Å². The Bertz CT molecular complexity index is 1200. The second kappa shape index (κ2) is 9.07. The first-order chi connectivity index (χ1) is 16.9. The molecule has 0 bridgehead atoms. The summed E-state index contributed by atoms with van der Waals surface area (Å²) in [6.07, 6.45) is -3.98. The molecule has 2 aromatic rings. The molecule has 8 nitrogen and oxygen atoms in total. The molecule has 1 aromatic heterocycles. The van der Waals surface area contributed by atoms with Crippen LogP contribution >= 0.6 is 0 Å². The fourth-order valence-electron chi connectivity index (χ4n) is 4.61. The maximum absolute atomic E-state index is 13.6. The van der Waals surface area contributed by atoms with Crippen molar-refractivity contribution < 1.29 is 31.9 Å². The molecular weight excluding hydrogens is 482 g/mol. The highest BCUT2D eigenvalue weighted by atomic mass is 19.4. The van der Waals surface area contributed by atoms with Crippen molar-refractivity contribution in [3.05, 3.63) is 53.5 Å². The number of halogens is 4. The van der Waals surface area contributed by atoms with Gasteiger partial charge in [0.05, 0.1) is 24.0 Å². The standard InChI is InChI=1S/C24H25F4N5O3/c1-13-11-17(12-30-19(13)29)31-20(34)21(35)33-10-9-32(22(36)23(7-8-23)24(26,27)28)14(2)18(33)15-3-5-16(25)6-4-15/h3-6,11-12,14,18H,7-10H2,1-2H3,(H2,29,30)(H,31,34)/t14-,18+/m1/s1. The molecule has 0 spiro atoms. The van der Waals surface area contributed by atoms with Crippen LogP contribution in [0.25, 0.3) is 0 Å². The first-order valence-electron chi connectivity index (χ1n) is 11.3. The molecule has 1 aliphatic heterocycles. The molecule has 2 aliphatic rings. The zero-order valence-corrected chi connectivity index (χ0v) is 19.6. The van der Waals surface area contributed by atoms with Crippen LogP contribution in [0.15, 0.2) is 36.5 Å². The molecule has 3 amide bonds. The van der Waals surface area contributed by atoms with E-state index >= 15 is 0 Å². The Morgan fingerprint density at radius 2 is 1.72 bits per heavy atom. The summed E-state index contributed by atoms with van der Waals surface area (Å²) in [7, 11) is 0. The molecule has 36 heavy (non-hydrogen) atoms. The van der Waals surface area contributed by atoms with Crippen LogP contribution < -0.4 is 11.1 Å². The number of carbonyl (C=O) groups excluding carboxylic acids is 3. The van der Waals surface area contributed by atoms with E-state index in [1.54, 1.807) is 6.92 Å². The molecule has 1 saturated carbocycles. The van der Waals surface area contributed by atoms with Crippen molar-refractivity contribution in [3.8, 4) is 0 Å². The number of piperazine rings is 1. The van der Waals surface area contributed by atoms with Crippen LogP contribution in [0, 0.1) is 18.2 Å². The van der Waals surface area contributed by atoms with Crippen LogP contribution in [0.3, 0.4) is 0 Å². The van der Waals surface area contributed by atoms with Crippen molar-refractivity contribution in [2.24, 2.45) is 5.41 Å². The summed E-state index contributed by atoms with van der Waals surface area (Å²) in [5.41, 5.74) is 4.46.